The summed E-state index contributed by atoms with van der Waals surface area (Å²) in [6, 6.07) is 23.4. The molecular formula is C27H25NO4. The molecule has 32 heavy (non-hydrogen) atoms. The minimum Gasteiger partial charge on any atom is -0.508 e. The molecule has 0 saturated heterocycles. The molecule has 0 amide bonds. The van der Waals surface area contributed by atoms with Gasteiger partial charge in [-0.25, -0.2) is 0 Å². The largest absolute Gasteiger partial charge is 0.508 e. The average molecular weight is 428 g/mol. The van der Waals surface area contributed by atoms with Gasteiger partial charge in [-0.15, -0.1) is 0 Å². The van der Waals surface area contributed by atoms with Gasteiger partial charge in [0.1, 0.15) is 23.0 Å². The zero-order valence-electron chi connectivity index (χ0n) is 18.2. The number of hydrogen-bond donors (Lipinski definition) is 3. The molecule has 0 aliphatic rings. The number of para-hydroxylation sites is 2. The molecule has 3 N–H and O–H groups in total. The predicted molar refractivity (Wildman–Crippen MR) is 127 cm³/mol. The molecule has 5 heteroatoms. The van der Waals surface area contributed by atoms with Gasteiger partial charge in [-0.05, 0) is 68.8 Å². The lowest BCUT2D eigenvalue weighted by Gasteiger charge is -2.30. The van der Waals surface area contributed by atoms with E-state index in [1.54, 1.807) is 42.5 Å². The molecule has 4 aromatic rings. The fraction of sp³-hybridized carbons (Fsp3) is 0.111. The van der Waals surface area contributed by atoms with E-state index in [-0.39, 0.29) is 17.2 Å². The van der Waals surface area contributed by atoms with Crippen LogP contribution in [-0.2, 0) is 0 Å². The van der Waals surface area contributed by atoms with Crippen molar-refractivity contribution in [3.63, 3.8) is 0 Å². The molecule has 0 fully saturated rings. The molecule has 0 aliphatic heterocycles. The van der Waals surface area contributed by atoms with Crippen LogP contribution in [0.3, 0.4) is 0 Å². The Labute approximate surface area is 187 Å². The van der Waals surface area contributed by atoms with Gasteiger partial charge in [0.15, 0.2) is 5.75 Å². The Morgan fingerprint density at radius 1 is 0.594 bits per heavy atom. The predicted octanol–water partition coefficient (Wildman–Crippen LogP) is 6.99. The third-order valence-corrected chi connectivity index (χ3v) is 5.55. The molecule has 0 radical (unpaired) electrons. The van der Waals surface area contributed by atoms with Gasteiger partial charge in [-0.2, -0.15) is 0 Å². The number of rotatable bonds is 5. The van der Waals surface area contributed by atoms with Crippen molar-refractivity contribution in [2.75, 3.05) is 4.90 Å². The number of nitrogens with zero attached hydrogens (tertiary/aromatic N) is 1. The fourth-order valence-corrected chi connectivity index (χ4v) is 3.60. The summed E-state index contributed by atoms with van der Waals surface area (Å²) in [4.78, 5) is 1.95. The van der Waals surface area contributed by atoms with Crippen molar-refractivity contribution in [3.8, 4) is 28.7 Å². The van der Waals surface area contributed by atoms with Crippen LogP contribution in [0.25, 0.3) is 0 Å². The summed E-state index contributed by atoms with van der Waals surface area (Å²) in [7, 11) is 0. The second kappa shape index (κ2) is 8.55. The average Bonchev–Trinajstić information content (AvgIpc) is 2.78. The van der Waals surface area contributed by atoms with Gasteiger partial charge < -0.3 is 25.0 Å². The van der Waals surface area contributed by atoms with E-state index in [1.807, 2.05) is 62.1 Å². The lowest BCUT2D eigenvalue weighted by Crippen LogP contribution is -2.13. The number of aryl methyl sites for hydroxylation is 1. The van der Waals surface area contributed by atoms with Crippen LogP contribution >= 0.6 is 0 Å². The SMILES string of the molecule is Cc1ccc(Oc2ccccc2N(c2cccc(O)c2C)c2cccc(O)c2C)cc1O. The fourth-order valence-electron chi connectivity index (χ4n) is 3.60. The first kappa shape index (κ1) is 21.1. The molecule has 0 heterocycles. The Kier molecular flexibility index (Phi) is 5.65. The summed E-state index contributed by atoms with van der Waals surface area (Å²) in [6.07, 6.45) is 0. The maximum absolute atomic E-state index is 10.4. The molecule has 4 aromatic carbocycles. The number of aromatic hydroxyl groups is 3. The molecule has 4 rings (SSSR count). The van der Waals surface area contributed by atoms with Crippen molar-refractivity contribution in [1.82, 2.24) is 0 Å². The minimum absolute atomic E-state index is 0.157. The highest BCUT2D eigenvalue weighted by atomic mass is 16.5. The third kappa shape index (κ3) is 3.93. The van der Waals surface area contributed by atoms with Crippen molar-refractivity contribution in [1.29, 1.82) is 0 Å². The molecule has 5 nitrogen and oxygen atoms in total. The summed E-state index contributed by atoms with van der Waals surface area (Å²) in [5.74, 6) is 1.56. The van der Waals surface area contributed by atoms with Crippen molar-refractivity contribution in [3.05, 3.63) is 95.6 Å². The monoisotopic (exact) mass is 427 g/mol. The van der Waals surface area contributed by atoms with Gasteiger partial charge in [-0.3, -0.25) is 0 Å². The first-order chi connectivity index (χ1) is 15.4. The second-order valence-corrected chi connectivity index (χ2v) is 7.70. The quantitative estimate of drug-likeness (QED) is 0.320. The summed E-state index contributed by atoms with van der Waals surface area (Å²) < 4.78 is 6.18. The van der Waals surface area contributed by atoms with Crippen molar-refractivity contribution in [2.24, 2.45) is 0 Å². The van der Waals surface area contributed by atoms with Crippen LogP contribution in [0.2, 0.25) is 0 Å². The lowest BCUT2D eigenvalue weighted by molar-refractivity contribution is 0.452. The van der Waals surface area contributed by atoms with Crippen LogP contribution in [-0.4, -0.2) is 15.3 Å². The smallest absolute Gasteiger partial charge is 0.151 e. The normalized spacial score (nSPS) is 10.7. The van der Waals surface area contributed by atoms with E-state index in [4.69, 9.17) is 4.74 Å². The van der Waals surface area contributed by atoms with Crippen LogP contribution in [0.15, 0.2) is 78.9 Å². The van der Waals surface area contributed by atoms with E-state index in [2.05, 4.69) is 0 Å². The summed E-state index contributed by atoms with van der Waals surface area (Å²) in [5.41, 5.74) is 4.37. The molecule has 0 spiro atoms. The molecular weight excluding hydrogens is 402 g/mol. The van der Waals surface area contributed by atoms with E-state index in [0.717, 1.165) is 22.6 Å². The van der Waals surface area contributed by atoms with Crippen LogP contribution < -0.4 is 9.64 Å². The Hall–Kier alpha value is -4.12. The highest BCUT2D eigenvalue weighted by Gasteiger charge is 2.22. The van der Waals surface area contributed by atoms with Crippen molar-refractivity contribution in [2.45, 2.75) is 20.8 Å². The molecule has 0 bridgehead atoms. The van der Waals surface area contributed by atoms with Gasteiger partial charge in [0.25, 0.3) is 0 Å². The van der Waals surface area contributed by atoms with E-state index in [1.165, 1.54) is 0 Å². The van der Waals surface area contributed by atoms with Gasteiger partial charge >= 0.3 is 0 Å². The first-order valence-electron chi connectivity index (χ1n) is 10.3. The maximum Gasteiger partial charge on any atom is 0.151 e. The minimum atomic E-state index is 0.157. The number of benzene rings is 4. The van der Waals surface area contributed by atoms with Crippen LogP contribution in [0.4, 0.5) is 17.1 Å². The van der Waals surface area contributed by atoms with Crippen molar-refractivity contribution < 1.29 is 20.1 Å². The second-order valence-electron chi connectivity index (χ2n) is 7.70. The number of anilines is 3. The molecule has 0 aliphatic carbocycles. The molecule has 162 valence electrons. The van der Waals surface area contributed by atoms with E-state index >= 15 is 0 Å². The number of ether oxygens (including phenoxy) is 1. The summed E-state index contributed by atoms with van der Waals surface area (Å²) in [6.45, 7) is 5.51. The van der Waals surface area contributed by atoms with Gasteiger partial charge in [0.2, 0.25) is 0 Å². The zero-order valence-corrected chi connectivity index (χ0v) is 18.2. The van der Waals surface area contributed by atoms with Gasteiger partial charge in [0, 0.05) is 17.2 Å². The maximum atomic E-state index is 10.4. The van der Waals surface area contributed by atoms with E-state index in [9.17, 15) is 15.3 Å². The number of phenols is 3. The number of phenolic OH excluding ortho intramolecular Hbond substituents is 3. The Morgan fingerprint density at radius 2 is 1.16 bits per heavy atom. The van der Waals surface area contributed by atoms with Gasteiger partial charge in [-0.1, -0.05) is 30.3 Å². The molecule has 0 atom stereocenters. The van der Waals surface area contributed by atoms with Crippen LogP contribution in [0, 0.1) is 20.8 Å². The summed E-state index contributed by atoms with van der Waals surface area (Å²) >= 11 is 0. The third-order valence-electron chi connectivity index (χ3n) is 5.55. The Morgan fingerprint density at radius 3 is 1.75 bits per heavy atom. The first-order valence-corrected chi connectivity index (χ1v) is 10.3. The Balaban J connectivity index is 1.92. The Bertz CT molecular complexity index is 1230. The van der Waals surface area contributed by atoms with Crippen molar-refractivity contribution >= 4 is 17.1 Å². The topological polar surface area (TPSA) is 73.2 Å². The highest BCUT2D eigenvalue weighted by Crippen LogP contribution is 2.46. The van der Waals surface area contributed by atoms with Gasteiger partial charge in [0.05, 0.1) is 17.1 Å². The number of hydrogen-bond acceptors (Lipinski definition) is 5. The van der Waals surface area contributed by atoms with E-state index in [0.29, 0.717) is 22.6 Å². The van der Waals surface area contributed by atoms with Crippen LogP contribution in [0.5, 0.6) is 28.7 Å². The standard InChI is InChI=1S/C27H25NO4/c1-17-14-15-20(16-26(17)31)32-27-13-5-4-8-23(27)28(21-9-6-11-24(29)18(21)2)22-10-7-12-25(30)19(22)3/h4-16,29-31H,1-3H3. The van der Waals surface area contributed by atoms with Crippen LogP contribution in [0.1, 0.15) is 16.7 Å². The lowest BCUT2D eigenvalue weighted by atomic mass is 10.1. The molecule has 0 aromatic heterocycles. The molecule has 0 saturated carbocycles. The highest BCUT2D eigenvalue weighted by molar-refractivity contribution is 5.84. The zero-order chi connectivity index (χ0) is 22.8. The van der Waals surface area contributed by atoms with E-state index < -0.39 is 0 Å². The molecule has 0 unspecified atom stereocenters. The summed E-state index contributed by atoms with van der Waals surface area (Å²) in [5, 5.41) is 30.9.